The summed E-state index contributed by atoms with van der Waals surface area (Å²) in [4.78, 5) is 28.4. The Morgan fingerprint density at radius 3 is 2.55 bits per heavy atom. The minimum Gasteiger partial charge on any atom is -0.442 e. The van der Waals surface area contributed by atoms with Crippen LogP contribution in [-0.4, -0.2) is 28.0 Å². The average molecular weight is 438 g/mol. The predicted octanol–water partition coefficient (Wildman–Crippen LogP) is 4.80. The lowest BCUT2D eigenvalue weighted by atomic mass is 9.92. The molecule has 0 radical (unpaired) electrons. The summed E-state index contributed by atoms with van der Waals surface area (Å²) in [6.45, 7) is 8.90. The molecule has 7 nitrogen and oxygen atoms in total. The summed E-state index contributed by atoms with van der Waals surface area (Å²) < 4.78 is 23.2. The number of rotatable bonds is 5. The number of aliphatic imine (C=N–C) groups is 1. The van der Waals surface area contributed by atoms with E-state index in [-0.39, 0.29) is 5.92 Å². The Labute approximate surface area is 175 Å². The third kappa shape index (κ3) is 6.45. The quantitative estimate of drug-likeness (QED) is 0.677. The maximum absolute atomic E-state index is 13.0. The molecule has 0 saturated carbocycles. The number of nitrogens with two attached hydrogens (primary N) is 1. The Hall–Kier alpha value is -2.10. The molecule has 3 atom stereocenters. The Balaban J connectivity index is 2.32. The lowest BCUT2D eigenvalue weighted by Gasteiger charge is -2.18. The lowest BCUT2D eigenvalue weighted by Crippen LogP contribution is -2.26. The zero-order chi connectivity index (χ0) is 21.8. The van der Waals surface area contributed by atoms with E-state index in [9.17, 15) is 13.8 Å². The molecule has 2 N–H and O–H groups in total. The van der Waals surface area contributed by atoms with Gasteiger partial charge in [-0.1, -0.05) is 38.5 Å². The van der Waals surface area contributed by atoms with Crippen molar-refractivity contribution in [3.05, 3.63) is 30.3 Å². The van der Waals surface area contributed by atoms with E-state index >= 15 is 0 Å². The molecule has 0 aliphatic rings. The minimum absolute atomic E-state index is 0.171. The summed E-state index contributed by atoms with van der Waals surface area (Å²) in [5.41, 5.74) is -0.693. The fourth-order valence-corrected chi connectivity index (χ4v) is 4.91. The summed E-state index contributed by atoms with van der Waals surface area (Å²) in [6.07, 6.45) is 1.06. The zero-order valence-electron chi connectivity index (χ0n) is 17.2. The molecule has 2 aromatic rings. The van der Waals surface area contributed by atoms with Gasteiger partial charge in [0, 0.05) is 10.9 Å². The number of amides is 2. The highest BCUT2D eigenvalue weighted by atomic mass is 32.2. The standard InChI is InChI=1S/C20H27N3O4S2/c1-6-13(2)15(12-22-19(25)27-20(3,4)5)18(24)23-29(21,26)17-11-14-9-7-8-10-16(14)28-17/h7-13,15H,6H2,1-5H3,(H2,21,23,24,26)/t13-,15?,29?/m0/s1. The molecular weight excluding hydrogens is 410 g/mol. The number of fused-ring (bicyclic) bond motifs is 1. The first-order valence-corrected chi connectivity index (χ1v) is 11.7. The van der Waals surface area contributed by atoms with Crippen molar-refractivity contribution in [2.75, 3.05) is 0 Å². The van der Waals surface area contributed by atoms with Gasteiger partial charge in [-0.05, 0) is 44.2 Å². The van der Waals surface area contributed by atoms with Crippen LogP contribution in [0.2, 0.25) is 0 Å². The molecule has 0 bridgehead atoms. The molecule has 0 saturated heterocycles. The van der Waals surface area contributed by atoms with Crippen LogP contribution in [0.15, 0.2) is 43.9 Å². The van der Waals surface area contributed by atoms with Crippen molar-refractivity contribution in [2.24, 2.45) is 26.3 Å². The van der Waals surface area contributed by atoms with Gasteiger partial charge in [0.1, 0.15) is 9.81 Å². The lowest BCUT2D eigenvalue weighted by molar-refractivity contribution is -0.120. The van der Waals surface area contributed by atoms with Gasteiger partial charge in [0.05, 0.1) is 5.92 Å². The van der Waals surface area contributed by atoms with Crippen LogP contribution in [0.4, 0.5) is 4.79 Å². The second-order valence-electron chi connectivity index (χ2n) is 7.77. The summed E-state index contributed by atoms with van der Waals surface area (Å²) in [5, 5.41) is 6.82. The average Bonchev–Trinajstić information content (AvgIpc) is 3.04. The normalized spacial score (nSPS) is 16.3. The maximum atomic E-state index is 13.0. The van der Waals surface area contributed by atoms with Crippen molar-refractivity contribution < 1.29 is 18.5 Å². The van der Waals surface area contributed by atoms with E-state index in [1.807, 2.05) is 38.1 Å². The van der Waals surface area contributed by atoms with Crippen LogP contribution in [0, 0.1) is 11.8 Å². The predicted molar refractivity (Wildman–Crippen MR) is 118 cm³/mol. The van der Waals surface area contributed by atoms with Gasteiger partial charge in [-0.15, -0.1) is 15.7 Å². The Bertz CT molecular complexity index is 1010. The molecule has 0 aliphatic heterocycles. The number of carbonyl (C=O) groups excluding carboxylic acids is 2. The SMILES string of the molecule is CC[C@H](C)C(C=NC(=O)OC(C)(C)C)C(=O)N=S(N)(=O)c1cc2ccccc2s1. The Kier molecular flexibility index (Phi) is 7.31. The molecule has 2 amide bonds. The van der Waals surface area contributed by atoms with E-state index in [0.717, 1.165) is 10.1 Å². The van der Waals surface area contributed by atoms with Crippen molar-refractivity contribution in [3.8, 4) is 0 Å². The van der Waals surface area contributed by atoms with E-state index in [0.29, 0.717) is 10.6 Å². The van der Waals surface area contributed by atoms with E-state index in [1.165, 1.54) is 17.6 Å². The van der Waals surface area contributed by atoms with Gasteiger partial charge in [-0.3, -0.25) is 4.79 Å². The van der Waals surface area contributed by atoms with Crippen LogP contribution in [-0.2, 0) is 19.4 Å². The zero-order valence-corrected chi connectivity index (χ0v) is 18.9. The maximum Gasteiger partial charge on any atom is 0.433 e. The van der Waals surface area contributed by atoms with Crippen LogP contribution < -0.4 is 5.14 Å². The van der Waals surface area contributed by atoms with Gasteiger partial charge in [0.25, 0.3) is 5.91 Å². The van der Waals surface area contributed by atoms with Crippen molar-refractivity contribution in [2.45, 2.75) is 50.8 Å². The molecule has 1 heterocycles. The van der Waals surface area contributed by atoms with Gasteiger partial charge >= 0.3 is 6.09 Å². The molecule has 158 valence electrons. The van der Waals surface area contributed by atoms with E-state index in [1.54, 1.807) is 26.8 Å². The van der Waals surface area contributed by atoms with E-state index in [2.05, 4.69) is 9.36 Å². The number of nitrogens with zero attached hydrogens (tertiary/aromatic N) is 2. The Morgan fingerprint density at radius 2 is 1.97 bits per heavy atom. The monoisotopic (exact) mass is 437 g/mol. The van der Waals surface area contributed by atoms with E-state index < -0.39 is 33.4 Å². The fraction of sp³-hybridized carbons (Fsp3) is 0.450. The first-order valence-electron chi connectivity index (χ1n) is 9.27. The van der Waals surface area contributed by atoms with E-state index in [4.69, 9.17) is 9.88 Å². The number of hydrogen-bond acceptors (Lipinski definition) is 5. The summed E-state index contributed by atoms with van der Waals surface area (Å²) in [6, 6.07) is 9.19. The van der Waals surface area contributed by atoms with Gasteiger partial charge in [0.15, 0.2) is 9.92 Å². The molecule has 0 fully saturated rings. The van der Waals surface area contributed by atoms with Crippen molar-refractivity contribution in [1.82, 2.24) is 0 Å². The molecule has 1 aromatic carbocycles. The van der Waals surface area contributed by atoms with Crippen molar-refractivity contribution in [3.63, 3.8) is 0 Å². The highest BCUT2D eigenvalue weighted by molar-refractivity contribution is 7.93. The number of hydrogen-bond donors (Lipinski definition) is 1. The molecule has 1 aromatic heterocycles. The van der Waals surface area contributed by atoms with Crippen molar-refractivity contribution >= 4 is 49.6 Å². The third-order valence-corrected chi connectivity index (χ3v) is 7.22. The van der Waals surface area contributed by atoms with Crippen LogP contribution in [0.5, 0.6) is 0 Å². The van der Waals surface area contributed by atoms with Gasteiger partial charge in [0.2, 0.25) is 0 Å². The van der Waals surface area contributed by atoms with Crippen LogP contribution in [0.1, 0.15) is 41.0 Å². The van der Waals surface area contributed by atoms with Crippen LogP contribution >= 0.6 is 11.3 Å². The first kappa shape index (κ1) is 23.2. The van der Waals surface area contributed by atoms with Crippen LogP contribution in [0.25, 0.3) is 10.1 Å². The second-order valence-corrected chi connectivity index (χ2v) is 10.9. The summed E-state index contributed by atoms with van der Waals surface area (Å²) >= 11 is 1.24. The topological polar surface area (TPSA) is 111 Å². The Morgan fingerprint density at radius 1 is 1.31 bits per heavy atom. The molecule has 0 aliphatic carbocycles. The molecule has 0 spiro atoms. The number of benzene rings is 1. The van der Waals surface area contributed by atoms with Crippen molar-refractivity contribution in [1.29, 1.82) is 0 Å². The molecule has 2 unspecified atom stereocenters. The third-order valence-electron chi connectivity index (χ3n) is 4.19. The number of ether oxygens (including phenoxy) is 1. The molecular formula is C20H27N3O4S2. The second kappa shape index (κ2) is 9.15. The largest absolute Gasteiger partial charge is 0.442 e. The highest BCUT2D eigenvalue weighted by Crippen LogP contribution is 2.29. The van der Waals surface area contributed by atoms with Gasteiger partial charge < -0.3 is 4.74 Å². The highest BCUT2D eigenvalue weighted by Gasteiger charge is 2.25. The number of carbonyl (C=O) groups is 2. The number of thiophene rings is 1. The smallest absolute Gasteiger partial charge is 0.433 e. The van der Waals surface area contributed by atoms with Gasteiger partial charge in [-0.25, -0.2) is 14.1 Å². The van der Waals surface area contributed by atoms with Crippen LogP contribution in [0.3, 0.4) is 0 Å². The molecule has 9 heteroatoms. The molecule has 29 heavy (non-hydrogen) atoms. The summed E-state index contributed by atoms with van der Waals surface area (Å²) in [7, 11) is -3.41. The minimum atomic E-state index is -3.41. The van der Waals surface area contributed by atoms with Gasteiger partial charge in [-0.2, -0.15) is 4.99 Å². The molecule has 2 rings (SSSR count). The first-order chi connectivity index (χ1) is 13.4. The summed E-state index contributed by atoms with van der Waals surface area (Å²) in [5.74, 6) is -1.67. The fourth-order valence-electron chi connectivity index (χ4n) is 2.48.